The maximum absolute atomic E-state index is 3.64. The van der Waals surface area contributed by atoms with E-state index in [2.05, 4.69) is 41.5 Å². The first-order valence-corrected chi connectivity index (χ1v) is 6.15. The zero-order chi connectivity index (χ0) is 11.0. The molecule has 2 N–H and O–H groups in total. The highest BCUT2D eigenvalue weighted by Crippen LogP contribution is 2.28. The van der Waals surface area contributed by atoms with Crippen LogP contribution in [0.15, 0.2) is 30.5 Å². The molecule has 84 valence electrons. The van der Waals surface area contributed by atoms with E-state index in [-0.39, 0.29) is 0 Å². The molecule has 1 heterocycles. The predicted molar refractivity (Wildman–Crippen MR) is 68.7 cm³/mol. The van der Waals surface area contributed by atoms with E-state index in [9.17, 15) is 0 Å². The van der Waals surface area contributed by atoms with Crippen molar-refractivity contribution in [1.82, 2.24) is 4.98 Å². The average Bonchev–Trinajstić information content (AvgIpc) is 2.87. The van der Waals surface area contributed by atoms with E-state index in [0.717, 1.165) is 5.92 Å². The lowest BCUT2D eigenvalue weighted by Crippen LogP contribution is -2.14. The lowest BCUT2D eigenvalue weighted by atomic mass is 10.1. The molecule has 2 nitrogen and oxygen atoms in total. The van der Waals surface area contributed by atoms with Crippen LogP contribution in [0.3, 0.4) is 0 Å². The van der Waals surface area contributed by atoms with Crippen LogP contribution in [0, 0.1) is 5.92 Å². The van der Waals surface area contributed by atoms with Crippen molar-refractivity contribution in [2.24, 2.45) is 5.92 Å². The van der Waals surface area contributed by atoms with Crippen LogP contribution in [0.2, 0.25) is 0 Å². The molecular formula is C14H18N2. The Morgan fingerprint density at radius 2 is 2.19 bits per heavy atom. The number of fused-ring (bicyclic) bond motifs is 1. The van der Waals surface area contributed by atoms with Gasteiger partial charge in [-0.3, -0.25) is 0 Å². The summed E-state index contributed by atoms with van der Waals surface area (Å²) in [4.78, 5) is 3.22. The molecular weight excluding hydrogens is 196 g/mol. The van der Waals surface area contributed by atoms with Crippen molar-refractivity contribution in [3.05, 3.63) is 30.5 Å². The maximum Gasteiger partial charge on any atom is 0.0455 e. The number of H-pyrrole nitrogens is 1. The number of rotatable bonds is 2. The third-order valence-corrected chi connectivity index (χ3v) is 3.62. The van der Waals surface area contributed by atoms with Gasteiger partial charge in [0, 0.05) is 28.8 Å². The molecule has 0 bridgehead atoms. The summed E-state index contributed by atoms with van der Waals surface area (Å²) in [5.74, 6) is 0.883. The van der Waals surface area contributed by atoms with Crippen molar-refractivity contribution in [2.75, 3.05) is 5.32 Å². The zero-order valence-electron chi connectivity index (χ0n) is 9.66. The van der Waals surface area contributed by atoms with Crippen LogP contribution in [-0.2, 0) is 0 Å². The van der Waals surface area contributed by atoms with Crippen molar-refractivity contribution in [2.45, 2.75) is 32.2 Å². The molecule has 0 saturated heterocycles. The van der Waals surface area contributed by atoms with Crippen molar-refractivity contribution in [1.29, 1.82) is 0 Å². The molecule has 3 rings (SSSR count). The fourth-order valence-electron chi connectivity index (χ4n) is 2.72. The molecule has 1 fully saturated rings. The van der Waals surface area contributed by atoms with Crippen LogP contribution in [0.25, 0.3) is 10.9 Å². The summed E-state index contributed by atoms with van der Waals surface area (Å²) in [6, 6.07) is 9.34. The van der Waals surface area contributed by atoms with Gasteiger partial charge in [-0.05, 0) is 49.4 Å². The highest BCUT2D eigenvalue weighted by molar-refractivity contribution is 5.83. The van der Waals surface area contributed by atoms with E-state index in [4.69, 9.17) is 0 Å². The molecule has 1 saturated carbocycles. The number of hydrogen-bond acceptors (Lipinski definition) is 1. The Hall–Kier alpha value is -1.44. The molecule has 0 aliphatic heterocycles. The van der Waals surface area contributed by atoms with E-state index < -0.39 is 0 Å². The van der Waals surface area contributed by atoms with Gasteiger partial charge in [-0.2, -0.15) is 0 Å². The molecule has 1 aliphatic carbocycles. The van der Waals surface area contributed by atoms with Gasteiger partial charge in [0.2, 0.25) is 0 Å². The predicted octanol–water partition coefficient (Wildman–Crippen LogP) is 3.77. The third kappa shape index (κ3) is 1.80. The van der Waals surface area contributed by atoms with E-state index in [1.54, 1.807) is 0 Å². The highest BCUT2D eigenvalue weighted by Gasteiger charge is 2.20. The van der Waals surface area contributed by atoms with Crippen LogP contribution in [-0.4, -0.2) is 11.0 Å². The SMILES string of the molecule is CC1CCC(Nc2ccc3[nH]ccc3c2)C1. The topological polar surface area (TPSA) is 27.8 Å². The van der Waals surface area contributed by atoms with Gasteiger partial charge in [0.1, 0.15) is 0 Å². The second kappa shape index (κ2) is 3.85. The van der Waals surface area contributed by atoms with Gasteiger partial charge in [-0.1, -0.05) is 6.92 Å². The molecule has 0 amide bonds. The van der Waals surface area contributed by atoms with Gasteiger partial charge in [-0.15, -0.1) is 0 Å². The Balaban J connectivity index is 1.78. The van der Waals surface area contributed by atoms with Crippen LogP contribution in [0.5, 0.6) is 0 Å². The Morgan fingerprint density at radius 1 is 1.25 bits per heavy atom. The second-order valence-electron chi connectivity index (χ2n) is 5.04. The minimum absolute atomic E-state index is 0.673. The summed E-state index contributed by atoms with van der Waals surface area (Å²) in [6.45, 7) is 2.34. The van der Waals surface area contributed by atoms with Crippen molar-refractivity contribution >= 4 is 16.6 Å². The average molecular weight is 214 g/mol. The second-order valence-corrected chi connectivity index (χ2v) is 5.04. The molecule has 2 unspecified atom stereocenters. The summed E-state index contributed by atoms with van der Waals surface area (Å²) < 4.78 is 0. The first kappa shape index (κ1) is 9.76. The molecule has 2 aromatic rings. The van der Waals surface area contributed by atoms with Gasteiger partial charge in [-0.25, -0.2) is 0 Å². The van der Waals surface area contributed by atoms with Crippen LogP contribution < -0.4 is 5.32 Å². The minimum Gasteiger partial charge on any atom is -0.382 e. The van der Waals surface area contributed by atoms with Gasteiger partial charge >= 0.3 is 0 Å². The monoisotopic (exact) mass is 214 g/mol. The lowest BCUT2D eigenvalue weighted by Gasteiger charge is -2.13. The number of benzene rings is 1. The largest absolute Gasteiger partial charge is 0.382 e. The summed E-state index contributed by atoms with van der Waals surface area (Å²) >= 11 is 0. The molecule has 1 aromatic heterocycles. The van der Waals surface area contributed by atoms with Crippen molar-refractivity contribution < 1.29 is 0 Å². The van der Waals surface area contributed by atoms with E-state index in [1.807, 2.05) is 6.20 Å². The fraction of sp³-hybridized carbons (Fsp3) is 0.429. The normalized spacial score (nSPS) is 25.1. The van der Waals surface area contributed by atoms with Gasteiger partial charge in [0.25, 0.3) is 0 Å². The Kier molecular flexibility index (Phi) is 2.35. The lowest BCUT2D eigenvalue weighted by molar-refractivity contribution is 0.602. The fourth-order valence-corrected chi connectivity index (χ4v) is 2.72. The quantitative estimate of drug-likeness (QED) is 0.782. The number of aromatic nitrogens is 1. The third-order valence-electron chi connectivity index (χ3n) is 3.62. The highest BCUT2D eigenvalue weighted by atomic mass is 14.9. The molecule has 1 aromatic carbocycles. The summed E-state index contributed by atoms with van der Waals surface area (Å²) in [5.41, 5.74) is 2.47. The number of hydrogen-bond donors (Lipinski definition) is 2. The Bertz CT molecular complexity index is 486. The zero-order valence-corrected chi connectivity index (χ0v) is 9.66. The minimum atomic E-state index is 0.673. The van der Waals surface area contributed by atoms with Gasteiger partial charge < -0.3 is 10.3 Å². The number of anilines is 1. The summed E-state index contributed by atoms with van der Waals surface area (Å²) in [7, 11) is 0. The first-order valence-electron chi connectivity index (χ1n) is 6.15. The molecule has 2 atom stereocenters. The molecule has 16 heavy (non-hydrogen) atoms. The van der Waals surface area contributed by atoms with Crippen LogP contribution in [0.4, 0.5) is 5.69 Å². The molecule has 2 heteroatoms. The summed E-state index contributed by atoms with van der Waals surface area (Å²) in [5, 5.41) is 4.93. The Morgan fingerprint density at radius 3 is 3.00 bits per heavy atom. The van der Waals surface area contributed by atoms with Gasteiger partial charge in [0.05, 0.1) is 0 Å². The smallest absolute Gasteiger partial charge is 0.0455 e. The van der Waals surface area contributed by atoms with Crippen LogP contribution >= 0.6 is 0 Å². The summed E-state index contributed by atoms with van der Waals surface area (Å²) in [6.07, 6.45) is 5.98. The van der Waals surface area contributed by atoms with E-state index >= 15 is 0 Å². The standard InChI is InChI=1S/C14H18N2/c1-10-2-3-12(8-10)16-13-4-5-14-11(9-13)6-7-15-14/h4-7,9-10,12,15-16H,2-3,8H2,1H3. The van der Waals surface area contributed by atoms with Crippen molar-refractivity contribution in [3.8, 4) is 0 Å². The molecule has 0 spiro atoms. The van der Waals surface area contributed by atoms with E-state index in [0.29, 0.717) is 6.04 Å². The van der Waals surface area contributed by atoms with E-state index in [1.165, 1.54) is 35.9 Å². The van der Waals surface area contributed by atoms with Crippen molar-refractivity contribution in [3.63, 3.8) is 0 Å². The Labute approximate surface area is 96.1 Å². The maximum atomic E-state index is 3.64. The first-order chi connectivity index (χ1) is 7.81. The van der Waals surface area contributed by atoms with Crippen LogP contribution in [0.1, 0.15) is 26.2 Å². The molecule has 0 radical (unpaired) electrons. The number of nitrogens with one attached hydrogen (secondary N) is 2. The number of aromatic amines is 1. The van der Waals surface area contributed by atoms with Gasteiger partial charge in [0.15, 0.2) is 0 Å². The molecule has 1 aliphatic rings.